The highest BCUT2D eigenvalue weighted by molar-refractivity contribution is 7.92. The molecule has 2 rings (SSSR count). The number of nitrogens with one attached hydrogen (secondary N) is 1. The summed E-state index contributed by atoms with van der Waals surface area (Å²) in [6.45, 7) is 5.40. The minimum atomic E-state index is -3.72. The molecule has 0 spiro atoms. The standard InChI is InChI=1S/C15H17ClN2O2S/c1-9-5-4-6-10(2)15(9)18-21(19,20)14-8-13(17)12(16)7-11(14)3/h4-8,18H,17H2,1-3H3. The van der Waals surface area contributed by atoms with Gasteiger partial charge in [0.05, 0.1) is 21.3 Å². The van der Waals surface area contributed by atoms with E-state index in [0.717, 1.165) is 11.1 Å². The Kier molecular flexibility index (Phi) is 4.16. The average molecular weight is 325 g/mol. The molecular weight excluding hydrogens is 308 g/mol. The molecule has 0 atom stereocenters. The molecule has 6 heteroatoms. The summed E-state index contributed by atoms with van der Waals surface area (Å²) < 4.78 is 27.8. The number of hydrogen-bond acceptors (Lipinski definition) is 3. The van der Waals surface area contributed by atoms with E-state index in [1.165, 1.54) is 6.07 Å². The summed E-state index contributed by atoms with van der Waals surface area (Å²) in [5.74, 6) is 0. The molecule has 0 radical (unpaired) electrons. The van der Waals surface area contributed by atoms with E-state index in [2.05, 4.69) is 4.72 Å². The number of hydrogen-bond donors (Lipinski definition) is 2. The first kappa shape index (κ1) is 15.7. The van der Waals surface area contributed by atoms with Crippen LogP contribution in [0.25, 0.3) is 0 Å². The molecule has 0 heterocycles. The van der Waals surface area contributed by atoms with Crippen LogP contribution in [0.4, 0.5) is 11.4 Å². The van der Waals surface area contributed by atoms with Gasteiger partial charge in [-0.1, -0.05) is 29.8 Å². The lowest BCUT2D eigenvalue weighted by molar-refractivity contribution is 0.600. The predicted molar refractivity (Wildman–Crippen MR) is 87.3 cm³/mol. The van der Waals surface area contributed by atoms with Gasteiger partial charge in [-0.15, -0.1) is 0 Å². The van der Waals surface area contributed by atoms with Crippen molar-refractivity contribution >= 4 is 33.0 Å². The summed E-state index contributed by atoms with van der Waals surface area (Å²) in [4.78, 5) is 0.132. The minimum Gasteiger partial charge on any atom is -0.397 e. The second-order valence-corrected chi connectivity index (χ2v) is 7.07. The molecule has 0 aromatic heterocycles. The van der Waals surface area contributed by atoms with Gasteiger partial charge in [0.25, 0.3) is 10.0 Å². The highest BCUT2D eigenvalue weighted by atomic mass is 35.5. The van der Waals surface area contributed by atoms with Crippen molar-refractivity contribution in [2.45, 2.75) is 25.7 Å². The van der Waals surface area contributed by atoms with Gasteiger partial charge in [0, 0.05) is 0 Å². The van der Waals surface area contributed by atoms with Crippen LogP contribution in [0.15, 0.2) is 35.2 Å². The van der Waals surface area contributed by atoms with Crippen molar-refractivity contribution in [3.05, 3.63) is 52.0 Å². The zero-order chi connectivity index (χ0) is 15.8. The first-order chi connectivity index (χ1) is 9.72. The third-order valence-corrected chi connectivity index (χ3v) is 5.12. The molecule has 2 aromatic carbocycles. The molecule has 0 saturated heterocycles. The molecule has 0 bridgehead atoms. The number of sulfonamides is 1. The van der Waals surface area contributed by atoms with Gasteiger partial charge in [-0.3, -0.25) is 4.72 Å². The van der Waals surface area contributed by atoms with Gasteiger partial charge in [-0.05, 0) is 49.6 Å². The van der Waals surface area contributed by atoms with Gasteiger partial charge in [-0.2, -0.15) is 0 Å². The second-order valence-electron chi connectivity index (χ2n) is 5.01. The number of nitrogen functional groups attached to an aromatic ring is 1. The lowest BCUT2D eigenvalue weighted by Crippen LogP contribution is -2.16. The number of nitrogens with two attached hydrogens (primary N) is 1. The molecule has 21 heavy (non-hydrogen) atoms. The molecule has 2 aromatic rings. The van der Waals surface area contributed by atoms with E-state index in [-0.39, 0.29) is 10.6 Å². The molecule has 0 amide bonds. The highest BCUT2D eigenvalue weighted by Gasteiger charge is 2.20. The maximum atomic E-state index is 12.6. The maximum absolute atomic E-state index is 12.6. The fourth-order valence-corrected chi connectivity index (χ4v) is 3.81. The average Bonchev–Trinajstić information content (AvgIpc) is 2.38. The topological polar surface area (TPSA) is 72.2 Å². The Morgan fingerprint density at radius 1 is 1.05 bits per heavy atom. The number of rotatable bonds is 3. The van der Waals surface area contributed by atoms with E-state index < -0.39 is 10.0 Å². The lowest BCUT2D eigenvalue weighted by Gasteiger charge is -2.15. The molecular formula is C15H17ClN2O2S. The van der Waals surface area contributed by atoms with Crippen LogP contribution in [0.1, 0.15) is 16.7 Å². The van der Waals surface area contributed by atoms with E-state index in [0.29, 0.717) is 16.3 Å². The van der Waals surface area contributed by atoms with Crippen LogP contribution in [0.5, 0.6) is 0 Å². The fourth-order valence-electron chi connectivity index (χ4n) is 2.12. The van der Waals surface area contributed by atoms with Crippen LogP contribution < -0.4 is 10.5 Å². The molecule has 4 nitrogen and oxygen atoms in total. The Morgan fingerprint density at radius 2 is 1.62 bits per heavy atom. The zero-order valence-electron chi connectivity index (χ0n) is 12.1. The van der Waals surface area contributed by atoms with Crippen molar-refractivity contribution in [3.63, 3.8) is 0 Å². The molecule has 0 unspecified atom stereocenters. The van der Waals surface area contributed by atoms with Crippen LogP contribution in [0.3, 0.4) is 0 Å². The Balaban J connectivity index is 2.51. The third kappa shape index (κ3) is 3.14. The van der Waals surface area contributed by atoms with Gasteiger partial charge in [-0.25, -0.2) is 8.42 Å². The van der Waals surface area contributed by atoms with Gasteiger partial charge in [0.1, 0.15) is 0 Å². The smallest absolute Gasteiger partial charge is 0.262 e. The largest absolute Gasteiger partial charge is 0.397 e. The van der Waals surface area contributed by atoms with Crippen molar-refractivity contribution in [3.8, 4) is 0 Å². The minimum absolute atomic E-state index is 0.132. The number of para-hydroxylation sites is 1. The molecule has 112 valence electrons. The molecule has 0 aliphatic carbocycles. The van der Waals surface area contributed by atoms with Crippen molar-refractivity contribution in [1.29, 1.82) is 0 Å². The molecule has 0 fully saturated rings. The predicted octanol–water partition coefficient (Wildman–Crippen LogP) is 3.65. The van der Waals surface area contributed by atoms with E-state index in [1.54, 1.807) is 13.0 Å². The summed E-state index contributed by atoms with van der Waals surface area (Å²) >= 11 is 5.91. The van der Waals surface area contributed by atoms with E-state index in [9.17, 15) is 8.42 Å². The van der Waals surface area contributed by atoms with Crippen LogP contribution in [-0.4, -0.2) is 8.42 Å². The molecule has 3 N–H and O–H groups in total. The van der Waals surface area contributed by atoms with Gasteiger partial charge in [0.2, 0.25) is 0 Å². The second kappa shape index (κ2) is 5.58. The quantitative estimate of drug-likeness (QED) is 0.846. The van der Waals surface area contributed by atoms with E-state index in [1.807, 2.05) is 32.0 Å². The molecule has 0 aliphatic rings. The highest BCUT2D eigenvalue weighted by Crippen LogP contribution is 2.29. The van der Waals surface area contributed by atoms with Crippen molar-refractivity contribution < 1.29 is 8.42 Å². The third-order valence-electron chi connectivity index (χ3n) is 3.30. The first-order valence-corrected chi connectivity index (χ1v) is 8.23. The van der Waals surface area contributed by atoms with Crippen LogP contribution >= 0.6 is 11.6 Å². The Hall–Kier alpha value is -1.72. The monoisotopic (exact) mass is 324 g/mol. The van der Waals surface area contributed by atoms with Crippen molar-refractivity contribution in [2.75, 3.05) is 10.5 Å². The van der Waals surface area contributed by atoms with E-state index >= 15 is 0 Å². The van der Waals surface area contributed by atoms with Crippen LogP contribution in [0.2, 0.25) is 5.02 Å². The van der Waals surface area contributed by atoms with Gasteiger partial charge >= 0.3 is 0 Å². The SMILES string of the molecule is Cc1cc(Cl)c(N)cc1S(=O)(=O)Nc1c(C)cccc1C. The lowest BCUT2D eigenvalue weighted by atomic mass is 10.1. The Morgan fingerprint density at radius 3 is 2.19 bits per heavy atom. The van der Waals surface area contributed by atoms with Gasteiger partial charge in [0.15, 0.2) is 0 Å². The Bertz CT molecular complexity index is 781. The fraction of sp³-hybridized carbons (Fsp3) is 0.200. The van der Waals surface area contributed by atoms with Crippen LogP contribution in [-0.2, 0) is 10.0 Å². The number of halogens is 1. The molecule has 0 saturated carbocycles. The Labute approximate surface area is 130 Å². The summed E-state index contributed by atoms with van der Waals surface area (Å²) in [5.41, 5.74) is 8.81. The summed E-state index contributed by atoms with van der Waals surface area (Å²) in [7, 11) is -3.72. The summed E-state index contributed by atoms with van der Waals surface area (Å²) in [6.07, 6.45) is 0. The first-order valence-electron chi connectivity index (χ1n) is 6.37. The number of aryl methyl sites for hydroxylation is 3. The van der Waals surface area contributed by atoms with Crippen molar-refractivity contribution in [2.24, 2.45) is 0 Å². The summed E-state index contributed by atoms with van der Waals surface area (Å²) in [5, 5.41) is 0.346. The maximum Gasteiger partial charge on any atom is 0.262 e. The molecule has 0 aliphatic heterocycles. The van der Waals surface area contributed by atoms with Gasteiger partial charge < -0.3 is 5.73 Å². The van der Waals surface area contributed by atoms with E-state index in [4.69, 9.17) is 17.3 Å². The van der Waals surface area contributed by atoms with Crippen LogP contribution in [0, 0.1) is 20.8 Å². The van der Waals surface area contributed by atoms with Crippen molar-refractivity contribution in [1.82, 2.24) is 0 Å². The number of anilines is 2. The normalized spacial score (nSPS) is 11.4. The number of benzene rings is 2. The zero-order valence-corrected chi connectivity index (χ0v) is 13.6. The summed E-state index contributed by atoms with van der Waals surface area (Å²) in [6, 6.07) is 8.53.